The molecule has 2 aromatic rings. The molecule has 1 aromatic carbocycles. The van der Waals surface area contributed by atoms with Crippen LogP contribution in [0.25, 0.3) is 0 Å². The van der Waals surface area contributed by atoms with Gasteiger partial charge in [0.2, 0.25) is 10.0 Å². The monoisotopic (exact) mass is 541 g/mol. The SMILES string of the molecule is CC(=O)c1cc(N(C)CCc2cccc(C)n2)ccc1NS(C)(=O)=O.O=C(O)C(=O)O.O=C(O)C(=O)O. The molecule has 15 heteroatoms. The van der Waals surface area contributed by atoms with E-state index in [1.807, 2.05) is 37.1 Å². The third-order valence-electron chi connectivity index (χ3n) is 4.13. The van der Waals surface area contributed by atoms with Gasteiger partial charge in [-0.05, 0) is 44.2 Å². The molecule has 0 aliphatic rings. The van der Waals surface area contributed by atoms with Crippen LogP contribution in [0, 0.1) is 6.92 Å². The maximum atomic E-state index is 11.9. The van der Waals surface area contributed by atoms with Gasteiger partial charge in [0.1, 0.15) is 0 Å². The molecule has 202 valence electrons. The largest absolute Gasteiger partial charge is 0.473 e. The van der Waals surface area contributed by atoms with Crippen LogP contribution < -0.4 is 9.62 Å². The van der Waals surface area contributed by atoms with Crippen LogP contribution in [0.4, 0.5) is 11.4 Å². The second kappa shape index (κ2) is 14.8. The highest BCUT2D eigenvalue weighted by atomic mass is 32.2. The van der Waals surface area contributed by atoms with Crippen molar-refractivity contribution >= 4 is 51.1 Å². The quantitative estimate of drug-likeness (QED) is 0.243. The number of carboxylic acid groups (broad SMARTS) is 4. The number of carbonyl (C=O) groups excluding carboxylic acids is 1. The van der Waals surface area contributed by atoms with Crippen molar-refractivity contribution in [3.63, 3.8) is 0 Å². The number of pyridine rings is 1. The molecule has 1 aromatic heterocycles. The average Bonchev–Trinajstić information content (AvgIpc) is 2.77. The van der Waals surface area contributed by atoms with Gasteiger partial charge >= 0.3 is 23.9 Å². The van der Waals surface area contributed by atoms with Gasteiger partial charge in [0, 0.05) is 42.7 Å². The maximum absolute atomic E-state index is 11.9. The normalized spacial score (nSPS) is 9.95. The van der Waals surface area contributed by atoms with Gasteiger partial charge in [-0.15, -0.1) is 0 Å². The summed E-state index contributed by atoms with van der Waals surface area (Å²) in [5.41, 5.74) is 3.48. The van der Waals surface area contributed by atoms with E-state index in [2.05, 4.69) is 9.71 Å². The molecular formula is C22H27N3O11S. The highest BCUT2D eigenvalue weighted by Crippen LogP contribution is 2.24. The zero-order valence-electron chi connectivity index (χ0n) is 20.3. The first-order valence-corrected chi connectivity index (χ1v) is 12.0. The number of hydrogen-bond donors (Lipinski definition) is 5. The van der Waals surface area contributed by atoms with Crippen molar-refractivity contribution in [1.82, 2.24) is 4.98 Å². The molecule has 0 saturated carbocycles. The molecule has 0 aliphatic carbocycles. The number of sulfonamides is 1. The Kier molecular flexibility index (Phi) is 13.0. The van der Waals surface area contributed by atoms with E-state index in [4.69, 9.17) is 39.6 Å². The van der Waals surface area contributed by atoms with Crippen LogP contribution in [0.15, 0.2) is 36.4 Å². The number of ketones is 1. The molecule has 14 nitrogen and oxygen atoms in total. The molecule has 0 saturated heterocycles. The van der Waals surface area contributed by atoms with Gasteiger partial charge in [0.15, 0.2) is 5.78 Å². The molecule has 0 unspecified atom stereocenters. The predicted octanol–water partition coefficient (Wildman–Crippen LogP) is 0.954. The summed E-state index contributed by atoms with van der Waals surface area (Å²) in [6.45, 7) is 4.11. The number of aryl methyl sites for hydroxylation is 1. The highest BCUT2D eigenvalue weighted by Gasteiger charge is 2.13. The molecule has 37 heavy (non-hydrogen) atoms. The fraction of sp³-hybridized carbons (Fsp3) is 0.273. The minimum atomic E-state index is -3.44. The van der Waals surface area contributed by atoms with E-state index in [9.17, 15) is 13.2 Å². The number of rotatable bonds is 7. The first-order valence-electron chi connectivity index (χ1n) is 10.1. The number of nitrogens with one attached hydrogen (secondary N) is 1. The Morgan fingerprint density at radius 1 is 0.919 bits per heavy atom. The number of aliphatic carboxylic acids is 4. The van der Waals surface area contributed by atoms with Gasteiger partial charge in [-0.3, -0.25) is 14.5 Å². The molecule has 5 N–H and O–H groups in total. The summed E-state index contributed by atoms with van der Waals surface area (Å²) in [5, 5.41) is 29.6. The Morgan fingerprint density at radius 2 is 1.43 bits per heavy atom. The summed E-state index contributed by atoms with van der Waals surface area (Å²) in [6, 6.07) is 11.1. The van der Waals surface area contributed by atoms with E-state index < -0.39 is 33.9 Å². The lowest BCUT2D eigenvalue weighted by Crippen LogP contribution is -2.21. The number of hydrogen-bond acceptors (Lipinski definition) is 9. The summed E-state index contributed by atoms with van der Waals surface area (Å²) in [4.78, 5) is 54.8. The summed E-state index contributed by atoms with van der Waals surface area (Å²) in [5.74, 6) is -7.49. The molecule has 0 amide bonds. The smallest absolute Gasteiger partial charge is 0.414 e. The average molecular weight is 542 g/mol. The summed E-state index contributed by atoms with van der Waals surface area (Å²) >= 11 is 0. The molecule has 2 rings (SSSR count). The van der Waals surface area contributed by atoms with Crippen LogP contribution in [-0.2, 0) is 35.6 Å². The summed E-state index contributed by atoms with van der Waals surface area (Å²) < 4.78 is 25.3. The van der Waals surface area contributed by atoms with Crippen molar-refractivity contribution in [2.45, 2.75) is 20.3 Å². The number of carbonyl (C=O) groups is 5. The maximum Gasteiger partial charge on any atom is 0.414 e. The molecule has 0 bridgehead atoms. The third-order valence-corrected chi connectivity index (χ3v) is 4.72. The Morgan fingerprint density at radius 3 is 1.84 bits per heavy atom. The minimum absolute atomic E-state index is 0.193. The summed E-state index contributed by atoms with van der Waals surface area (Å²) in [6.07, 6.45) is 1.84. The van der Waals surface area contributed by atoms with Crippen LogP contribution in [0.1, 0.15) is 28.7 Å². The number of aromatic nitrogens is 1. The van der Waals surface area contributed by atoms with E-state index in [0.29, 0.717) is 11.3 Å². The first-order chi connectivity index (χ1) is 16.9. The number of nitrogens with zero attached hydrogens (tertiary/aromatic N) is 2. The van der Waals surface area contributed by atoms with E-state index >= 15 is 0 Å². The Bertz CT molecular complexity index is 1210. The standard InChI is InChI=1S/C18H23N3O3S.2C2H2O4/c1-13-6-5-7-15(19-13)10-11-21(3)16-8-9-18(20-25(4,23)24)17(12-16)14(2)22;2*3-1(4)2(5)6/h5-9,12,20H,10-11H2,1-4H3;2*(H,3,4)(H,5,6). The number of likely N-dealkylation sites (N-methyl/N-ethyl adjacent to an activating group) is 1. The Balaban J connectivity index is 0.000000896. The first kappa shape index (κ1) is 32.5. The molecule has 0 aliphatic heterocycles. The van der Waals surface area contributed by atoms with Crippen molar-refractivity contribution in [2.24, 2.45) is 0 Å². The van der Waals surface area contributed by atoms with Crippen LogP contribution in [0.5, 0.6) is 0 Å². The van der Waals surface area contributed by atoms with E-state index in [-0.39, 0.29) is 5.78 Å². The zero-order chi connectivity index (χ0) is 28.9. The van der Waals surface area contributed by atoms with Gasteiger partial charge in [-0.2, -0.15) is 0 Å². The minimum Gasteiger partial charge on any atom is -0.473 e. The molecule has 0 radical (unpaired) electrons. The highest BCUT2D eigenvalue weighted by molar-refractivity contribution is 7.92. The lowest BCUT2D eigenvalue weighted by molar-refractivity contribution is -0.159. The second-order valence-electron chi connectivity index (χ2n) is 7.32. The lowest BCUT2D eigenvalue weighted by Gasteiger charge is -2.21. The van der Waals surface area contributed by atoms with Gasteiger partial charge in [-0.1, -0.05) is 6.07 Å². The lowest BCUT2D eigenvalue weighted by atomic mass is 10.1. The second-order valence-corrected chi connectivity index (χ2v) is 9.07. The fourth-order valence-electron chi connectivity index (χ4n) is 2.50. The predicted molar refractivity (Wildman–Crippen MR) is 131 cm³/mol. The van der Waals surface area contributed by atoms with E-state index in [1.54, 1.807) is 18.2 Å². The van der Waals surface area contributed by atoms with Crippen molar-refractivity contribution in [3.8, 4) is 0 Å². The topological polar surface area (TPSA) is 229 Å². The third kappa shape index (κ3) is 13.8. The number of benzene rings is 1. The molecule has 0 spiro atoms. The van der Waals surface area contributed by atoms with Gasteiger partial charge in [0.05, 0.1) is 11.9 Å². The van der Waals surface area contributed by atoms with E-state index in [1.165, 1.54) is 6.92 Å². The van der Waals surface area contributed by atoms with Crippen molar-refractivity contribution in [3.05, 3.63) is 53.3 Å². The van der Waals surface area contributed by atoms with Crippen LogP contribution in [-0.4, -0.2) is 83.3 Å². The fourth-order valence-corrected chi connectivity index (χ4v) is 3.08. The Labute approximate surface area is 212 Å². The molecule has 1 heterocycles. The van der Waals surface area contributed by atoms with Gasteiger partial charge < -0.3 is 25.3 Å². The van der Waals surface area contributed by atoms with Crippen molar-refractivity contribution < 1.29 is 52.8 Å². The number of carboxylic acids is 4. The van der Waals surface area contributed by atoms with E-state index in [0.717, 1.165) is 36.3 Å². The zero-order valence-corrected chi connectivity index (χ0v) is 21.1. The summed E-state index contributed by atoms with van der Waals surface area (Å²) in [7, 11) is -1.51. The van der Waals surface area contributed by atoms with Crippen LogP contribution in [0.3, 0.4) is 0 Å². The Hall–Kier alpha value is -4.53. The van der Waals surface area contributed by atoms with Crippen LogP contribution >= 0.6 is 0 Å². The van der Waals surface area contributed by atoms with Crippen molar-refractivity contribution in [1.29, 1.82) is 0 Å². The molecule has 0 atom stereocenters. The van der Waals surface area contributed by atoms with Gasteiger partial charge in [0.25, 0.3) is 0 Å². The van der Waals surface area contributed by atoms with Gasteiger partial charge in [-0.25, -0.2) is 27.6 Å². The molecular weight excluding hydrogens is 514 g/mol. The van der Waals surface area contributed by atoms with Crippen LogP contribution in [0.2, 0.25) is 0 Å². The molecule has 0 fully saturated rings. The van der Waals surface area contributed by atoms with Crippen molar-refractivity contribution in [2.75, 3.05) is 29.5 Å². The number of anilines is 2. The number of Topliss-reactive ketones (excluding diaryl/α,β-unsaturated/α-hetero) is 1.